The fourth-order valence-electron chi connectivity index (χ4n) is 2.56. The number of carbonyl (C=O) groups is 3. The Morgan fingerprint density at radius 1 is 1.10 bits per heavy atom. The molecule has 1 atom stereocenters. The highest BCUT2D eigenvalue weighted by atomic mass is 79.9. The highest BCUT2D eigenvalue weighted by Crippen LogP contribution is 2.37. The van der Waals surface area contributed by atoms with Crippen LogP contribution in [0.1, 0.15) is 35.7 Å². The topological polar surface area (TPSA) is 69.7 Å². The summed E-state index contributed by atoms with van der Waals surface area (Å²) >= 11 is 9.14. The SMILES string of the molecule is COC(=O)C(C)C(=O)CCC(=O)c1cc(Oc2ccc(C(F)(F)F)cc2Cl)ccc1Br. The lowest BCUT2D eigenvalue weighted by Gasteiger charge is -2.12. The fraction of sp³-hybridized carbons (Fsp3) is 0.286. The summed E-state index contributed by atoms with van der Waals surface area (Å²) in [5.41, 5.74) is -0.707. The van der Waals surface area contributed by atoms with Crippen molar-refractivity contribution in [3.8, 4) is 11.5 Å². The first-order chi connectivity index (χ1) is 14.4. The molecule has 0 aliphatic carbocycles. The summed E-state index contributed by atoms with van der Waals surface area (Å²) in [5, 5.41) is -0.243. The Bertz CT molecular complexity index is 1010. The minimum atomic E-state index is -4.54. The van der Waals surface area contributed by atoms with E-state index in [1.807, 2.05) is 0 Å². The van der Waals surface area contributed by atoms with Gasteiger partial charge in [0.15, 0.2) is 5.78 Å². The predicted octanol–water partition coefficient (Wildman–Crippen LogP) is 6.25. The van der Waals surface area contributed by atoms with Crippen molar-refractivity contribution in [1.82, 2.24) is 0 Å². The van der Waals surface area contributed by atoms with Crippen LogP contribution < -0.4 is 4.74 Å². The van der Waals surface area contributed by atoms with Crippen molar-refractivity contribution in [2.24, 2.45) is 5.92 Å². The van der Waals surface area contributed by atoms with Crippen LogP contribution >= 0.6 is 27.5 Å². The lowest BCUT2D eigenvalue weighted by atomic mass is 9.99. The Morgan fingerprint density at radius 3 is 2.35 bits per heavy atom. The lowest BCUT2D eigenvalue weighted by molar-refractivity contribution is -0.148. The minimum absolute atomic E-state index is 0.0162. The number of halogens is 5. The van der Waals surface area contributed by atoms with Gasteiger partial charge in [0.2, 0.25) is 0 Å². The number of methoxy groups -OCH3 is 1. The molecule has 166 valence electrons. The van der Waals surface area contributed by atoms with Crippen molar-refractivity contribution in [3.05, 3.63) is 57.0 Å². The average Bonchev–Trinajstić information content (AvgIpc) is 2.72. The first kappa shape index (κ1) is 24.9. The zero-order chi connectivity index (χ0) is 23.3. The van der Waals surface area contributed by atoms with E-state index in [4.69, 9.17) is 16.3 Å². The van der Waals surface area contributed by atoms with Gasteiger partial charge in [0.25, 0.3) is 0 Å². The third-order valence-corrected chi connectivity index (χ3v) is 5.35. The van der Waals surface area contributed by atoms with Crippen LogP contribution in [0, 0.1) is 5.92 Å². The standard InChI is InChI=1S/C21H17BrClF3O5/c1-11(20(29)30-2)17(27)6-7-18(28)14-10-13(4-5-15(14)22)31-19-8-3-12(9-16(19)23)21(24,25)26/h3-5,8-11H,6-7H2,1-2H3. The van der Waals surface area contributed by atoms with Crippen molar-refractivity contribution in [3.63, 3.8) is 0 Å². The van der Waals surface area contributed by atoms with Gasteiger partial charge in [-0.25, -0.2) is 0 Å². The van der Waals surface area contributed by atoms with Crippen LogP contribution in [0.5, 0.6) is 11.5 Å². The number of alkyl halides is 3. The predicted molar refractivity (Wildman–Crippen MR) is 110 cm³/mol. The molecule has 5 nitrogen and oxygen atoms in total. The summed E-state index contributed by atoms with van der Waals surface area (Å²) in [6.45, 7) is 1.40. The number of rotatable bonds is 8. The second-order valence-corrected chi connectivity index (χ2v) is 7.78. The number of carbonyl (C=O) groups excluding carboxylic acids is 3. The van der Waals surface area contributed by atoms with Crippen LogP contribution in [0.3, 0.4) is 0 Å². The number of hydrogen-bond acceptors (Lipinski definition) is 5. The Kier molecular flexibility index (Phi) is 8.25. The number of esters is 1. The molecule has 0 bridgehead atoms. The highest BCUT2D eigenvalue weighted by Gasteiger charge is 2.31. The first-order valence-corrected chi connectivity index (χ1v) is 10.1. The van der Waals surface area contributed by atoms with E-state index in [-0.39, 0.29) is 40.7 Å². The molecule has 2 aromatic carbocycles. The largest absolute Gasteiger partial charge is 0.468 e. The number of benzene rings is 2. The number of ketones is 2. The molecule has 0 aromatic heterocycles. The number of ether oxygens (including phenoxy) is 2. The molecular weight excluding hydrogens is 505 g/mol. The van der Waals surface area contributed by atoms with Crippen LogP contribution in [-0.4, -0.2) is 24.6 Å². The number of Topliss-reactive ketones (excluding diaryl/α,β-unsaturated/α-hetero) is 2. The Balaban J connectivity index is 2.14. The zero-order valence-corrected chi connectivity index (χ0v) is 18.7. The molecule has 0 saturated carbocycles. The molecule has 0 saturated heterocycles. The monoisotopic (exact) mass is 520 g/mol. The van der Waals surface area contributed by atoms with Gasteiger partial charge in [0.1, 0.15) is 23.2 Å². The maximum Gasteiger partial charge on any atom is 0.416 e. The normalized spacial score (nSPS) is 12.2. The van der Waals surface area contributed by atoms with E-state index in [0.717, 1.165) is 18.2 Å². The summed E-state index contributed by atoms with van der Waals surface area (Å²) in [5.74, 6) is -2.32. The van der Waals surface area contributed by atoms with Crippen molar-refractivity contribution < 1.29 is 37.0 Å². The lowest BCUT2D eigenvalue weighted by Crippen LogP contribution is -2.22. The van der Waals surface area contributed by atoms with E-state index < -0.39 is 29.4 Å². The molecule has 0 aliphatic heterocycles. The van der Waals surface area contributed by atoms with Gasteiger partial charge in [-0.05, 0) is 43.3 Å². The fourth-order valence-corrected chi connectivity index (χ4v) is 3.25. The zero-order valence-electron chi connectivity index (χ0n) is 16.4. The molecule has 1 unspecified atom stereocenters. The Hall–Kier alpha value is -2.39. The summed E-state index contributed by atoms with van der Waals surface area (Å²) < 4.78 is 48.8. The van der Waals surface area contributed by atoms with Crippen LogP contribution in [0.25, 0.3) is 0 Å². The summed E-state index contributed by atoms with van der Waals surface area (Å²) in [4.78, 5) is 36.0. The Morgan fingerprint density at radius 2 is 1.77 bits per heavy atom. The summed E-state index contributed by atoms with van der Waals surface area (Å²) in [6, 6.07) is 7.07. The molecule has 2 rings (SSSR count). The molecule has 2 aromatic rings. The van der Waals surface area contributed by atoms with Gasteiger partial charge in [-0.15, -0.1) is 0 Å². The number of hydrogen-bond donors (Lipinski definition) is 0. The van der Waals surface area contributed by atoms with Gasteiger partial charge in [-0.2, -0.15) is 13.2 Å². The van der Waals surface area contributed by atoms with Crippen LogP contribution in [-0.2, 0) is 20.5 Å². The second kappa shape index (κ2) is 10.3. The quantitative estimate of drug-likeness (QED) is 0.233. The van der Waals surface area contributed by atoms with Crippen molar-refractivity contribution in [2.45, 2.75) is 25.9 Å². The average molecular weight is 522 g/mol. The Labute approximate surface area is 189 Å². The van der Waals surface area contributed by atoms with Gasteiger partial charge in [0.05, 0.1) is 17.7 Å². The van der Waals surface area contributed by atoms with E-state index in [2.05, 4.69) is 20.7 Å². The van der Waals surface area contributed by atoms with E-state index in [0.29, 0.717) is 4.47 Å². The molecule has 10 heteroatoms. The van der Waals surface area contributed by atoms with E-state index in [1.165, 1.54) is 32.2 Å². The highest BCUT2D eigenvalue weighted by molar-refractivity contribution is 9.10. The maximum absolute atomic E-state index is 12.8. The molecule has 0 aliphatic rings. The van der Waals surface area contributed by atoms with Crippen molar-refractivity contribution >= 4 is 45.1 Å². The van der Waals surface area contributed by atoms with E-state index in [9.17, 15) is 27.6 Å². The first-order valence-electron chi connectivity index (χ1n) is 8.92. The van der Waals surface area contributed by atoms with E-state index >= 15 is 0 Å². The van der Waals surface area contributed by atoms with Crippen LogP contribution in [0.2, 0.25) is 5.02 Å². The van der Waals surface area contributed by atoms with Crippen LogP contribution in [0.15, 0.2) is 40.9 Å². The van der Waals surface area contributed by atoms with Gasteiger partial charge < -0.3 is 9.47 Å². The van der Waals surface area contributed by atoms with Gasteiger partial charge in [-0.1, -0.05) is 27.5 Å². The van der Waals surface area contributed by atoms with Crippen molar-refractivity contribution in [2.75, 3.05) is 7.11 Å². The molecule has 0 radical (unpaired) electrons. The van der Waals surface area contributed by atoms with Crippen LogP contribution in [0.4, 0.5) is 13.2 Å². The minimum Gasteiger partial charge on any atom is -0.468 e. The third-order valence-electron chi connectivity index (χ3n) is 4.36. The van der Waals surface area contributed by atoms with Gasteiger partial charge in [-0.3, -0.25) is 14.4 Å². The molecule has 31 heavy (non-hydrogen) atoms. The third kappa shape index (κ3) is 6.54. The molecule has 0 spiro atoms. The summed E-state index contributed by atoms with van der Waals surface area (Å²) in [7, 11) is 1.17. The molecule has 0 N–H and O–H groups in total. The molecule has 0 amide bonds. The van der Waals surface area contributed by atoms with E-state index in [1.54, 1.807) is 0 Å². The molecule has 0 heterocycles. The smallest absolute Gasteiger partial charge is 0.416 e. The summed E-state index contributed by atoms with van der Waals surface area (Å²) in [6.07, 6.45) is -4.84. The molecular formula is C21H17BrClF3O5. The van der Waals surface area contributed by atoms with Crippen molar-refractivity contribution in [1.29, 1.82) is 0 Å². The van der Waals surface area contributed by atoms with Gasteiger partial charge in [0, 0.05) is 22.9 Å². The molecule has 0 fully saturated rings. The second-order valence-electron chi connectivity index (χ2n) is 6.52. The van der Waals surface area contributed by atoms with Gasteiger partial charge >= 0.3 is 12.1 Å². The maximum atomic E-state index is 12.8.